The number of ether oxygens (including phenoxy) is 1. The molecule has 2 unspecified atom stereocenters. The molecule has 3 N–H and O–H groups in total. The second-order valence-electron chi connectivity index (χ2n) is 4.80. The third kappa shape index (κ3) is 2.43. The molecule has 1 aliphatic carbocycles. The van der Waals surface area contributed by atoms with Crippen molar-refractivity contribution in [3.8, 4) is 5.75 Å². The summed E-state index contributed by atoms with van der Waals surface area (Å²) in [7, 11) is 0. The van der Waals surface area contributed by atoms with Gasteiger partial charge < -0.3 is 20.1 Å². The van der Waals surface area contributed by atoms with Crippen LogP contribution in [0.2, 0.25) is 0 Å². The lowest BCUT2D eigenvalue weighted by Gasteiger charge is -2.38. The molecule has 0 radical (unpaired) electrons. The van der Waals surface area contributed by atoms with Crippen molar-refractivity contribution >= 4 is 5.97 Å². The summed E-state index contributed by atoms with van der Waals surface area (Å²) in [6, 6.07) is 5.15. The maximum atomic E-state index is 10.6. The first-order valence-corrected chi connectivity index (χ1v) is 6.36. The summed E-state index contributed by atoms with van der Waals surface area (Å²) in [5.41, 5.74) is 0.144. The average Bonchev–Trinajstić information content (AvgIpc) is 2.40. The number of aliphatic hydroxyl groups is 2. The zero-order valence-electron chi connectivity index (χ0n) is 10.8. The predicted octanol–water partition coefficient (Wildman–Crippen LogP) is 1.05. The van der Waals surface area contributed by atoms with E-state index in [0.29, 0.717) is 30.6 Å². The molecular formula is C14H18O5. The summed E-state index contributed by atoms with van der Waals surface area (Å²) in [4.78, 5) is 10.6. The SMILES string of the molecule is CCC1(O)c2cccc(OCC(=O)O)c2CCC1O. The second-order valence-corrected chi connectivity index (χ2v) is 4.80. The molecule has 0 spiro atoms. The maximum Gasteiger partial charge on any atom is 0.341 e. The van der Waals surface area contributed by atoms with Crippen molar-refractivity contribution in [1.82, 2.24) is 0 Å². The van der Waals surface area contributed by atoms with Crippen LogP contribution in [0.4, 0.5) is 0 Å². The van der Waals surface area contributed by atoms with Gasteiger partial charge in [0.15, 0.2) is 6.61 Å². The van der Waals surface area contributed by atoms with E-state index in [2.05, 4.69) is 0 Å². The quantitative estimate of drug-likeness (QED) is 0.758. The molecule has 2 atom stereocenters. The van der Waals surface area contributed by atoms with Gasteiger partial charge in [-0.2, -0.15) is 0 Å². The van der Waals surface area contributed by atoms with Crippen LogP contribution in [-0.2, 0) is 16.8 Å². The van der Waals surface area contributed by atoms with Crippen molar-refractivity contribution in [2.45, 2.75) is 37.9 Å². The number of aliphatic carboxylic acids is 1. The number of carbonyl (C=O) groups is 1. The number of benzene rings is 1. The second kappa shape index (κ2) is 5.19. The summed E-state index contributed by atoms with van der Waals surface area (Å²) in [6.07, 6.45) is 0.586. The highest BCUT2D eigenvalue weighted by atomic mass is 16.5. The molecule has 19 heavy (non-hydrogen) atoms. The van der Waals surface area contributed by atoms with Crippen LogP contribution in [0.3, 0.4) is 0 Å². The molecule has 0 aliphatic heterocycles. The summed E-state index contributed by atoms with van der Waals surface area (Å²) < 4.78 is 5.25. The lowest BCUT2D eigenvalue weighted by molar-refractivity contribution is -0.139. The smallest absolute Gasteiger partial charge is 0.341 e. The Hall–Kier alpha value is -1.59. The zero-order chi connectivity index (χ0) is 14.0. The Morgan fingerprint density at radius 1 is 1.53 bits per heavy atom. The van der Waals surface area contributed by atoms with Crippen molar-refractivity contribution in [3.05, 3.63) is 29.3 Å². The van der Waals surface area contributed by atoms with Gasteiger partial charge >= 0.3 is 5.97 Å². The third-order valence-corrected chi connectivity index (χ3v) is 3.71. The number of rotatable bonds is 4. The van der Waals surface area contributed by atoms with Gasteiger partial charge in [0.05, 0.1) is 6.10 Å². The number of fused-ring (bicyclic) bond motifs is 1. The topological polar surface area (TPSA) is 87.0 Å². The summed E-state index contributed by atoms with van der Waals surface area (Å²) >= 11 is 0. The van der Waals surface area contributed by atoms with Gasteiger partial charge in [-0.1, -0.05) is 19.1 Å². The molecule has 1 aromatic carbocycles. The van der Waals surface area contributed by atoms with Gasteiger partial charge in [0.1, 0.15) is 11.4 Å². The van der Waals surface area contributed by atoms with Gasteiger partial charge in [-0.3, -0.25) is 0 Å². The van der Waals surface area contributed by atoms with E-state index in [0.717, 1.165) is 5.56 Å². The van der Waals surface area contributed by atoms with Gasteiger partial charge in [-0.05, 0) is 30.9 Å². The minimum absolute atomic E-state index is 0.392. The standard InChI is InChI=1S/C14H18O5/c1-2-14(18)10-4-3-5-11(19-8-13(16)17)9(10)6-7-12(14)15/h3-5,12,15,18H,2,6-8H2,1H3,(H,16,17). The lowest BCUT2D eigenvalue weighted by atomic mass is 9.75. The van der Waals surface area contributed by atoms with Gasteiger partial charge in [0, 0.05) is 5.56 Å². The first-order valence-electron chi connectivity index (χ1n) is 6.36. The zero-order valence-corrected chi connectivity index (χ0v) is 10.8. The molecule has 0 amide bonds. The minimum Gasteiger partial charge on any atom is -0.482 e. The van der Waals surface area contributed by atoms with E-state index in [1.165, 1.54) is 0 Å². The molecule has 5 nitrogen and oxygen atoms in total. The fourth-order valence-corrected chi connectivity index (χ4v) is 2.63. The van der Waals surface area contributed by atoms with Crippen molar-refractivity contribution in [1.29, 1.82) is 0 Å². The van der Waals surface area contributed by atoms with Crippen LogP contribution in [-0.4, -0.2) is 34.0 Å². The first kappa shape index (κ1) is 13.8. The summed E-state index contributed by atoms with van der Waals surface area (Å²) in [5.74, 6) is -0.571. The van der Waals surface area contributed by atoms with Crippen LogP contribution in [0.1, 0.15) is 30.9 Å². The highest BCUT2D eigenvalue weighted by molar-refractivity contribution is 5.68. The van der Waals surface area contributed by atoms with Crippen molar-refractivity contribution in [3.63, 3.8) is 0 Å². The molecule has 2 rings (SSSR count). The fourth-order valence-electron chi connectivity index (χ4n) is 2.63. The Labute approximate surface area is 111 Å². The van der Waals surface area contributed by atoms with E-state index in [9.17, 15) is 15.0 Å². The van der Waals surface area contributed by atoms with Crippen molar-refractivity contribution in [2.24, 2.45) is 0 Å². The highest BCUT2D eigenvalue weighted by Crippen LogP contribution is 2.41. The molecule has 104 valence electrons. The number of aliphatic hydroxyl groups excluding tert-OH is 1. The van der Waals surface area contributed by atoms with E-state index in [1.54, 1.807) is 18.2 Å². The molecule has 0 saturated heterocycles. The fraction of sp³-hybridized carbons (Fsp3) is 0.500. The van der Waals surface area contributed by atoms with Crippen molar-refractivity contribution < 1.29 is 24.9 Å². The predicted molar refractivity (Wildman–Crippen MR) is 68.1 cm³/mol. The van der Waals surface area contributed by atoms with Crippen LogP contribution < -0.4 is 4.74 Å². The monoisotopic (exact) mass is 266 g/mol. The Kier molecular flexibility index (Phi) is 3.78. The van der Waals surface area contributed by atoms with E-state index >= 15 is 0 Å². The molecule has 0 bridgehead atoms. The van der Waals surface area contributed by atoms with E-state index in [4.69, 9.17) is 9.84 Å². The molecule has 1 aliphatic rings. The molecule has 0 heterocycles. The third-order valence-electron chi connectivity index (χ3n) is 3.71. The summed E-state index contributed by atoms with van der Waals surface area (Å²) in [6.45, 7) is 1.40. The Morgan fingerprint density at radius 3 is 2.89 bits per heavy atom. The van der Waals surface area contributed by atoms with Crippen LogP contribution >= 0.6 is 0 Å². The van der Waals surface area contributed by atoms with Crippen LogP contribution in [0, 0.1) is 0 Å². The molecular weight excluding hydrogens is 248 g/mol. The van der Waals surface area contributed by atoms with Gasteiger partial charge in [-0.25, -0.2) is 4.79 Å². The van der Waals surface area contributed by atoms with E-state index < -0.39 is 24.3 Å². The largest absolute Gasteiger partial charge is 0.482 e. The normalized spacial score (nSPS) is 25.7. The highest BCUT2D eigenvalue weighted by Gasteiger charge is 2.41. The van der Waals surface area contributed by atoms with Crippen LogP contribution in [0.5, 0.6) is 5.75 Å². The van der Waals surface area contributed by atoms with Gasteiger partial charge in [0.25, 0.3) is 0 Å². The molecule has 0 fully saturated rings. The Bertz CT molecular complexity index is 485. The molecule has 1 aromatic rings. The average molecular weight is 266 g/mol. The van der Waals surface area contributed by atoms with Gasteiger partial charge in [0.2, 0.25) is 0 Å². The van der Waals surface area contributed by atoms with Crippen LogP contribution in [0.25, 0.3) is 0 Å². The Morgan fingerprint density at radius 2 is 2.26 bits per heavy atom. The number of carboxylic acids is 1. The molecule has 0 saturated carbocycles. The lowest BCUT2D eigenvalue weighted by Crippen LogP contribution is -2.43. The number of hydrogen-bond donors (Lipinski definition) is 3. The van der Waals surface area contributed by atoms with Crippen molar-refractivity contribution in [2.75, 3.05) is 6.61 Å². The maximum absolute atomic E-state index is 10.6. The van der Waals surface area contributed by atoms with Crippen LogP contribution in [0.15, 0.2) is 18.2 Å². The first-order chi connectivity index (χ1) is 8.99. The minimum atomic E-state index is -1.28. The van der Waals surface area contributed by atoms with Gasteiger partial charge in [-0.15, -0.1) is 0 Å². The van der Waals surface area contributed by atoms with E-state index in [-0.39, 0.29) is 0 Å². The number of hydrogen-bond acceptors (Lipinski definition) is 4. The van der Waals surface area contributed by atoms with E-state index in [1.807, 2.05) is 6.92 Å². The number of carboxylic acid groups (broad SMARTS) is 1. The Balaban J connectivity index is 2.39. The molecule has 0 aromatic heterocycles. The molecule has 5 heteroatoms. The summed E-state index contributed by atoms with van der Waals surface area (Å²) in [5, 5.41) is 29.2.